The Hall–Kier alpha value is -2.52. The zero-order valence-corrected chi connectivity index (χ0v) is 11.7. The number of benzene rings is 3. The van der Waals surface area contributed by atoms with Gasteiger partial charge in [0.1, 0.15) is 17.2 Å². The lowest BCUT2D eigenvalue weighted by Crippen LogP contribution is -2.30. The van der Waals surface area contributed by atoms with Crippen LogP contribution in [0.25, 0.3) is 0 Å². The van der Waals surface area contributed by atoms with Crippen LogP contribution in [-0.2, 0) is 5.60 Å². The second-order valence-electron chi connectivity index (χ2n) is 5.07. The molecule has 0 fully saturated rings. The summed E-state index contributed by atoms with van der Waals surface area (Å²) in [5.74, 6) is -1.46. The third-order valence-corrected chi connectivity index (χ3v) is 3.70. The Balaban J connectivity index is 2.28. The third-order valence-electron chi connectivity index (χ3n) is 3.70. The normalized spacial score (nSPS) is 11.4. The van der Waals surface area contributed by atoms with E-state index in [0.29, 0.717) is 11.1 Å². The lowest BCUT2D eigenvalue weighted by molar-refractivity contribution is 0.121. The molecule has 0 atom stereocenters. The van der Waals surface area contributed by atoms with Crippen LogP contribution in [0.1, 0.15) is 16.7 Å². The lowest BCUT2D eigenvalue weighted by Gasteiger charge is -2.30. The van der Waals surface area contributed by atoms with E-state index in [4.69, 9.17) is 0 Å². The van der Waals surface area contributed by atoms with Crippen molar-refractivity contribution in [3.05, 3.63) is 107 Å². The van der Waals surface area contributed by atoms with Crippen molar-refractivity contribution in [3.8, 4) is 0 Å². The quantitative estimate of drug-likeness (QED) is 0.716. The van der Waals surface area contributed by atoms with E-state index in [2.05, 4.69) is 0 Å². The lowest BCUT2D eigenvalue weighted by atomic mass is 9.80. The van der Waals surface area contributed by atoms with E-state index in [1.165, 1.54) is 6.07 Å². The molecular weight excluding hydrogens is 282 g/mol. The maximum atomic E-state index is 14.3. The molecule has 0 aliphatic heterocycles. The van der Waals surface area contributed by atoms with Crippen LogP contribution in [0, 0.1) is 11.6 Å². The fourth-order valence-electron chi connectivity index (χ4n) is 2.62. The molecule has 0 heterocycles. The molecule has 0 saturated heterocycles. The van der Waals surface area contributed by atoms with E-state index in [0.717, 1.165) is 12.1 Å². The highest BCUT2D eigenvalue weighted by atomic mass is 19.1. The highest BCUT2D eigenvalue weighted by Crippen LogP contribution is 2.37. The van der Waals surface area contributed by atoms with Crippen molar-refractivity contribution >= 4 is 0 Å². The summed E-state index contributed by atoms with van der Waals surface area (Å²) in [6.07, 6.45) is 0. The highest BCUT2D eigenvalue weighted by Gasteiger charge is 2.36. The first-order valence-corrected chi connectivity index (χ1v) is 6.91. The van der Waals surface area contributed by atoms with Gasteiger partial charge in [0.05, 0.1) is 0 Å². The Bertz CT molecular complexity index is 730. The van der Waals surface area contributed by atoms with E-state index >= 15 is 0 Å². The molecule has 0 unspecified atom stereocenters. The molecule has 0 aliphatic rings. The van der Waals surface area contributed by atoms with Gasteiger partial charge in [-0.1, -0.05) is 60.7 Å². The molecule has 22 heavy (non-hydrogen) atoms. The number of hydrogen-bond donors (Lipinski definition) is 1. The van der Waals surface area contributed by atoms with Gasteiger partial charge in [-0.05, 0) is 23.3 Å². The van der Waals surface area contributed by atoms with Gasteiger partial charge in [-0.3, -0.25) is 0 Å². The Morgan fingerprint density at radius 1 is 0.682 bits per heavy atom. The third kappa shape index (κ3) is 2.40. The molecule has 3 rings (SSSR count). The van der Waals surface area contributed by atoms with Gasteiger partial charge in [0.15, 0.2) is 0 Å². The van der Waals surface area contributed by atoms with Gasteiger partial charge in [0.2, 0.25) is 0 Å². The van der Waals surface area contributed by atoms with E-state index in [1.54, 1.807) is 48.5 Å². The van der Waals surface area contributed by atoms with Gasteiger partial charge in [-0.2, -0.15) is 0 Å². The average molecular weight is 296 g/mol. The molecule has 0 radical (unpaired) electrons. The highest BCUT2D eigenvalue weighted by molar-refractivity contribution is 5.47. The first-order valence-electron chi connectivity index (χ1n) is 6.91. The van der Waals surface area contributed by atoms with Crippen molar-refractivity contribution in [3.63, 3.8) is 0 Å². The van der Waals surface area contributed by atoms with Crippen LogP contribution in [0.15, 0.2) is 78.9 Å². The van der Waals surface area contributed by atoms with Crippen molar-refractivity contribution in [2.75, 3.05) is 0 Å². The van der Waals surface area contributed by atoms with Gasteiger partial charge < -0.3 is 5.11 Å². The molecule has 3 aromatic carbocycles. The minimum atomic E-state index is -1.68. The summed E-state index contributed by atoms with van der Waals surface area (Å²) in [6, 6.07) is 20.8. The molecule has 0 bridgehead atoms. The summed E-state index contributed by atoms with van der Waals surface area (Å²) in [4.78, 5) is 0. The Kier molecular flexibility index (Phi) is 3.73. The topological polar surface area (TPSA) is 20.2 Å². The fourth-order valence-corrected chi connectivity index (χ4v) is 2.62. The number of rotatable bonds is 3. The Labute approximate surface area is 127 Å². The maximum Gasteiger partial charge on any atom is 0.143 e. The van der Waals surface area contributed by atoms with Crippen LogP contribution in [-0.4, -0.2) is 5.11 Å². The van der Waals surface area contributed by atoms with Crippen LogP contribution in [0.4, 0.5) is 8.78 Å². The van der Waals surface area contributed by atoms with Crippen LogP contribution >= 0.6 is 0 Å². The van der Waals surface area contributed by atoms with Gasteiger partial charge in [0.25, 0.3) is 0 Å². The molecule has 0 spiro atoms. The Morgan fingerprint density at radius 3 is 1.64 bits per heavy atom. The second-order valence-corrected chi connectivity index (χ2v) is 5.07. The molecule has 1 N–H and O–H groups in total. The van der Waals surface area contributed by atoms with E-state index in [1.807, 2.05) is 12.1 Å². The summed E-state index contributed by atoms with van der Waals surface area (Å²) < 4.78 is 27.5. The zero-order valence-electron chi connectivity index (χ0n) is 11.7. The Morgan fingerprint density at radius 2 is 1.18 bits per heavy atom. The molecule has 110 valence electrons. The van der Waals surface area contributed by atoms with Gasteiger partial charge in [-0.15, -0.1) is 0 Å². The van der Waals surface area contributed by atoms with Crippen molar-refractivity contribution in [2.45, 2.75) is 5.60 Å². The van der Waals surface area contributed by atoms with Crippen molar-refractivity contribution in [1.82, 2.24) is 0 Å². The number of hydrogen-bond acceptors (Lipinski definition) is 1. The molecule has 0 aliphatic carbocycles. The summed E-state index contributed by atoms with van der Waals surface area (Å²) >= 11 is 0. The fraction of sp³-hybridized carbons (Fsp3) is 0.0526. The SMILES string of the molecule is OC(c1ccccc1)(c1ccccc1)c1ccc(F)cc1F. The minimum absolute atomic E-state index is 0.0197. The van der Waals surface area contributed by atoms with Crippen molar-refractivity contribution in [2.24, 2.45) is 0 Å². The molecular formula is C19H14F2O. The summed E-state index contributed by atoms with van der Waals surface area (Å²) in [5, 5.41) is 11.3. The molecule has 3 heteroatoms. The van der Waals surface area contributed by atoms with E-state index in [-0.39, 0.29) is 5.56 Å². The standard InChI is InChI=1S/C19H14F2O/c20-16-11-12-17(18(21)13-16)19(22,14-7-3-1-4-8-14)15-9-5-2-6-10-15/h1-13,22H. The van der Waals surface area contributed by atoms with Crippen LogP contribution in [0.3, 0.4) is 0 Å². The predicted octanol–water partition coefficient (Wildman–Crippen LogP) is 4.25. The second kappa shape index (κ2) is 5.70. The summed E-state index contributed by atoms with van der Waals surface area (Å²) in [7, 11) is 0. The molecule has 1 nitrogen and oxygen atoms in total. The average Bonchev–Trinajstić information content (AvgIpc) is 2.56. The van der Waals surface area contributed by atoms with Crippen molar-refractivity contribution < 1.29 is 13.9 Å². The molecule has 3 aromatic rings. The van der Waals surface area contributed by atoms with E-state index < -0.39 is 17.2 Å². The molecule has 0 aromatic heterocycles. The van der Waals surface area contributed by atoms with Crippen LogP contribution < -0.4 is 0 Å². The number of aliphatic hydroxyl groups is 1. The van der Waals surface area contributed by atoms with Gasteiger partial charge >= 0.3 is 0 Å². The minimum Gasteiger partial charge on any atom is -0.376 e. The smallest absolute Gasteiger partial charge is 0.143 e. The maximum absolute atomic E-state index is 14.3. The molecule has 0 saturated carbocycles. The number of halogens is 2. The van der Waals surface area contributed by atoms with Crippen molar-refractivity contribution in [1.29, 1.82) is 0 Å². The predicted molar refractivity (Wildman–Crippen MR) is 81.3 cm³/mol. The monoisotopic (exact) mass is 296 g/mol. The van der Waals surface area contributed by atoms with Gasteiger partial charge in [0, 0.05) is 11.6 Å². The van der Waals surface area contributed by atoms with Crippen LogP contribution in [0.5, 0.6) is 0 Å². The first-order chi connectivity index (χ1) is 10.6. The summed E-state index contributed by atoms with van der Waals surface area (Å²) in [6.45, 7) is 0. The largest absolute Gasteiger partial charge is 0.376 e. The van der Waals surface area contributed by atoms with Gasteiger partial charge in [-0.25, -0.2) is 8.78 Å². The molecule has 0 amide bonds. The zero-order chi connectivity index (χ0) is 15.6. The van der Waals surface area contributed by atoms with Crippen LogP contribution in [0.2, 0.25) is 0 Å². The van der Waals surface area contributed by atoms with E-state index in [9.17, 15) is 13.9 Å². The first kappa shape index (κ1) is 14.4. The summed E-state index contributed by atoms with van der Waals surface area (Å²) in [5.41, 5.74) is -0.620.